The van der Waals surface area contributed by atoms with E-state index in [9.17, 15) is 17.6 Å². The molecule has 0 atom stereocenters. The van der Waals surface area contributed by atoms with Gasteiger partial charge in [0.2, 0.25) is 0 Å². The smallest absolute Gasteiger partial charge is 0.420 e. The van der Waals surface area contributed by atoms with E-state index >= 15 is 0 Å². The molecule has 3 rings (SSSR count). The maximum absolute atomic E-state index is 14.3. The average molecular weight is 337 g/mol. The molecule has 0 amide bonds. The molecular formula is C16H11F4N3O. The van der Waals surface area contributed by atoms with E-state index in [1.165, 1.54) is 43.8 Å². The SMILES string of the molecule is COc1ccc(-c2ccnn2-c2ncccc2C(F)(F)F)c(F)c1. The number of aromatic nitrogens is 3. The van der Waals surface area contributed by atoms with Crippen molar-refractivity contribution < 1.29 is 22.3 Å². The fourth-order valence-corrected chi connectivity index (χ4v) is 2.29. The normalized spacial score (nSPS) is 11.5. The van der Waals surface area contributed by atoms with Crippen molar-refractivity contribution in [3.63, 3.8) is 0 Å². The molecule has 1 aromatic carbocycles. The van der Waals surface area contributed by atoms with E-state index < -0.39 is 23.4 Å². The maximum Gasteiger partial charge on any atom is 0.420 e. The zero-order valence-corrected chi connectivity index (χ0v) is 12.4. The Labute approximate surface area is 134 Å². The molecule has 0 aliphatic rings. The van der Waals surface area contributed by atoms with E-state index in [1.807, 2.05) is 0 Å². The van der Waals surface area contributed by atoms with Crippen LogP contribution in [0, 0.1) is 5.82 Å². The van der Waals surface area contributed by atoms with Crippen LogP contribution in [0.25, 0.3) is 17.1 Å². The van der Waals surface area contributed by atoms with Crippen LogP contribution in [-0.4, -0.2) is 21.9 Å². The first-order chi connectivity index (χ1) is 11.4. The number of hydrogen-bond acceptors (Lipinski definition) is 3. The largest absolute Gasteiger partial charge is 0.497 e. The number of benzene rings is 1. The van der Waals surface area contributed by atoms with Crippen LogP contribution < -0.4 is 4.74 Å². The third kappa shape index (κ3) is 2.82. The molecule has 24 heavy (non-hydrogen) atoms. The summed E-state index contributed by atoms with van der Waals surface area (Å²) in [4.78, 5) is 3.77. The summed E-state index contributed by atoms with van der Waals surface area (Å²) in [6.45, 7) is 0. The van der Waals surface area contributed by atoms with E-state index in [0.29, 0.717) is 5.75 Å². The van der Waals surface area contributed by atoms with Gasteiger partial charge in [0.05, 0.1) is 19.0 Å². The van der Waals surface area contributed by atoms with Gasteiger partial charge in [-0.15, -0.1) is 0 Å². The first-order valence-corrected chi connectivity index (χ1v) is 6.82. The molecule has 0 bridgehead atoms. The monoisotopic (exact) mass is 337 g/mol. The second-order valence-corrected chi connectivity index (χ2v) is 4.85. The summed E-state index contributed by atoms with van der Waals surface area (Å²) < 4.78 is 59.7. The molecule has 0 fully saturated rings. The molecule has 2 aromatic heterocycles. The van der Waals surface area contributed by atoms with Gasteiger partial charge in [-0.05, 0) is 30.3 Å². The van der Waals surface area contributed by atoms with Crippen LogP contribution in [0.4, 0.5) is 17.6 Å². The van der Waals surface area contributed by atoms with E-state index in [-0.39, 0.29) is 11.3 Å². The predicted octanol–water partition coefficient (Wildman–Crippen LogP) is 4.10. The summed E-state index contributed by atoms with van der Waals surface area (Å²) in [6, 6.07) is 7.58. The number of nitrogens with zero attached hydrogens (tertiary/aromatic N) is 3. The number of alkyl halides is 3. The number of hydrogen-bond donors (Lipinski definition) is 0. The van der Waals surface area contributed by atoms with E-state index in [0.717, 1.165) is 16.8 Å². The van der Waals surface area contributed by atoms with Gasteiger partial charge in [0.15, 0.2) is 5.82 Å². The minimum absolute atomic E-state index is 0.0899. The average Bonchev–Trinajstić information content (AvgIpc) is 3.03. The summed E-state index contributed by atoms with van der Waals surface area (Å²) in [5.74, 6) is -0.753. The molecule has 8 heteroatoms. The second-order valence-electron chi connectivity index (χ2n) is 4.85. The molecule has 0 N–H and O–H groups in total. The van der Waals surface area contributed by atoms with Gasteiger partial charge in [-0.25, -0.2) is 14.1 Å². The molecule has 0 aliphatic heterocycles. The highest BCUT2D eigenvalue weighted by Gasteiger charge is 2.35. The van der Waals surface area contributed by atoms with Gasteiger partial charge >= 0.3 is 6.18 Å². The molecule has 0 saturated heterocycles. The molecule has 0 aliphatic carbocycles. The predicted molar refractivity (Wildman–Crippen MR) is 78.3 cm³/mol. The van der Waals surface area contributed by atoms with Crippen LogP contribution in [0.2, 0.25) is 0 Å². The maximum atomic E-state index is 14.3. The van der Waals surface area contributed by atoms with Gasteiger partial charge in [0.1, 0.15) is 17.1 Å². The van der Waals surface area contributed by atoms with Crippen molar-refractivity contribution in [3.05, 3.63) is 60.2 Å². The molecule has 0 unspecified atom stereocenters. The van der Waals surface area contributed by atoms with Crippen LogP contribution in [0.3, 0.4) is 0 Å². The Hall–Kier alpha value is -2.90. The van der Waals surface area contributed by atoms with Crippen LogP contribution >= 0.6 is 0 Å². The summed E-state index contributed by atoms with van der Waals surface area (Å²) in [5.41, 5.74) is -0.713. The van der Waals surface area contributed by atoms with Crippen molar-refractivity contribution in [2.45, 2.75) is 6.18 Å². The summed E-state index contributed by atoms with van der Waals surface area (Å²) in [5, 5.41) is 3.88. The fourth-order valence-electron chi connectivity index (χ4n) is 2.29. The van der Waals surface area contributed by atoms with Gasteiger partial charge in [0.25, 0.3) is 0 Å². The van der Waals surface area contributed by atoms with E-state index in [4.69, 9.17) is 4.74 Å². The highest BCUT2D eigenvalue weighted by atomic mass is 19.4. The first-order valence-electron chi connectivity index (χ1n) is 6.82. The van der Waals surface area contributed by atoms with E-state index in [2.05, 4.69) is 10.1 Å². The Kier molecular flexibility index (Phi) is 3.96. The number of rotatable bonds is 3. The lowest BCUT2D eigenvalue weighted by atomic mass is 10.1. The van der Waals surface area contributed by atoms with Gasteiger partial charge < -0.3 is 4.74 Å². The number of methoxy groups -OCH3 is 1. The molecule has 0 saturated carbocycles. The molecule has 2 heterocycles. The van der Waals surface area contributed by atoms with Gasteiger partial charge in [0, 0.05) is 17.8 Å². The van der Waals surface area contributed by atoms with Crippen molar-refractivity contribution in [1.29, 1.82) is 0 Å². The first kappa shape index (κ1) is 16.0. The van der Waals surface area contributed by atoms with Crippen molar-refractivity contribution >= 4 is 0 Å². The van der Waals surface area contributed by atoms with Gasteiger partial charge in [-0.2, -0.15) is 18.3 Å². The molecule has 0 spiro atoms. The lowest BCUT2D eigenvalue weighted by Gasteiger charge is -2.14. The minimum Gasteiger partial charge on any atom is -0.497 e. The zero-order chi connectivity index (χ0) is 17.3. The molecule has 3 aromatic rings. The van der Waals surface area contributed by atoms with Crippen molar-refractivity contribution in [1.82, 2.24) is 14.8 Å². The van der Waals surface area contributed by atoms with E-state index in [1.54, 1.807) is 0 Å². The summed E-state index contributed by atoms with van der Waals surface area (Å²) in [6.07, 6.45) is -2.10. The Balaban J connectivity index is 2.17. The summed E-state index contributed by atoms with van der Waals surface area (Å²) >= 11 is 0. The third-order valence-electron chi connectivity index (χ3n) is 3.39. The van der Waals surface area contributed by atoms with Crippen molar-refractivity contribution in [2.75, 3.05) is 7.11 Å². The number of halogens is 4. The minimum atomic E-state index is -4.61. The Bertz CT molecular complexity index is 874. The van der Waals surface area contributed by atoms with Gasteiger partial charge in [-0.3, -0.25) is 0 Å². The van der Waals surface area contributed by atoms with Crippen LogP contribution in [0.5, 0.6) is 5.75 Å². The lowest BCUT2D eigenvalue weighted by molar-refractivity contribution is -0.137. The quantitative estimate of drug-likeness (QED) is 0.676. The molecule has 0 radical (unpaired) electrons. The van der Waals surface area contributed by atoms with Crippen LogP contribution in [0.1, 0.15) is 5.56 Å². The topological polar surface area (TPSA) is 39.9 Å². The van der Waals surface area contributed by atoms with Crippen LogP contribution in [-0.2, 0) is 6.18 Å². The molecular weight excluding hydrogens is 326 g/mol. The Morgan fingerprint density at radius 1 is 1.08 bits per heavy atom. The second kappa shape index (κ2) is 5.95. The summed E-state index contributed by atoms with van der Waals surface area (Å²) in [7, 11) is 1.39. The van der Waals surface area contributed by atoms with Crippen LogP contribution in [0.15, 0.2) is 48.8 Å². The fraction of sp³-hybridized carbons (Fsp3) is 0.125. The third-order valence-corrected chi connectivity index (χ3v) is 3.39. The highest BCUT2D eigenvalue weighted by Crippen LogP contribution is 2.34. The molecule has 4 nitrogen and oxygen atoms in total. The zero-order valence-electron chi connectivity index (χ0n) is 12.4. The Morgan fingerprint density at radius 3 is 2.54 bits per heavy atom. The number of ether oxygens (including phenoxy) is 1. The Morgan fingerprint density at radius 2 is 1.88 bits per heavy atom. The van der Waals surface area contributed by atoms with Gasteiger partial charge in [-0.1, -0.05) is 0 Å². The number of pyridine rings is 1. The lowest BCUT2D eigenvalue weighted by Crippen LogP contribution is -2.13. The standard InChI is InChI=1S/C16H11F4N3O/c1-24-10-4-5-11(13(17)9-10)14-6-8-22-23(14)15-12(16(18,19)20)3-2-7-21-15/h2-9H,1H3. The molecule has 124 valence electrons. The highest BCUT2D eigenvalue weighted by molar-refractivity contribution is 5.63. The van der Waals surface area contributed by atoms with Crippen molar-refractivity contribution in [2.24, 2.45) is 0 Å². The van der Waals surface area contributed by atoms with Crippen molar-refractivity contribution in [3.8, 4) is 22.8 Å².